The number of alkyl halides is 3. The van der Waals surface area contributed by atoms with E-state index in [2.05, 4.69) is 15.0 Å². The molecular weight excluding hydrogens is 549 g/mol. The molecule has 0 radical (unpaired) electrons. The topological polar surface area (TPSA) is 216 Å². The molecule has 0 aliphatic carbocycles. The minimum Gasteiger partial charge on any atom is -0.475 e. The number of amides is 1. The number of H-pyrrole nitrogens is 1. The van der Waals surface area contributed by atoms with Crippen molar-refractivity contribution in [3.63, 3.8) is 0 Å². The van der Waals surface area contributed by atoms with E-state index in [4.69, 9.17) is 21.0 Å². The number of anilines is 2. The first-order valence-electron chi connectivity index (χ1n) is 11.0. The Morgan fingerprint density at radius 2 is 1.82 bits per heavy atom. The Morgan fingerprint density at radius 1 is 1.23 bits per heavy atom. The van der Waals surface area contributed by atoms with Crippen LogP contribution in [0.2, 0.25) is 0 Å². The Labute approximate surface area is 220 Å². The van der Waals surface area contributed by atoms with E-state index in [0.717, 1.165) is 4.90 Å². The van der Waals surface area contributed by atoms with E-state index in [1.807, 2.05) is 0 Å². The molecule has 214 valence electrons. The molecule has 2 aromatic rings. The van der Waals surface area contributed by atoms with Crippen molar-refractivity contribution in [1.29, 1.82) is 5.41 Å². The van der Waals surface area contributed by atoms with E-state index in [1.54, 1.807) is 30.3 Å². The second-order valence-electron chi connectivity index (χ2n) is 7.79. The predicted molar refractivity (Wildman–Crippen MR) is 136 cm³/mol. The molecule has 1 aromatic carbocycles. The molecule has 13 nitrogen and oxygen atoms in total. The van der Waals surface area contributed by atoms with Crippen LogP contribution in [0.25, 0.3) is 0 Å². The third kappa shape index (κ3) is 11.2. The maximum Gasteiger partial charge on any atom is 0.490 e. The van der Waals surface area contributed by atoms with Crippen molar-refractivity contribution in [2.75, 3.05) is 16.2 Å². The fourth-order valence-electron chi connectivity index (χ4n) is 3.13. The monoisotopic (exact) mass is 576 g/mol. The second-order valence-corrected chi connectivity index (χ2v) is 9.51. The highest BCUT2D eigenvalue weighted by Gasteiger charge is 2.38. The number of hydrogen-bond acceptors (Lipinski definition) is 7. The molecule has 7 N–H and O–H groups in total. The zero-order valence-corrected chi connectivity index (χ0v) is 21.3. The van der Waals surface area contributed by atoms with E-state index in [-0.39, 0.29) is 29.5 Å². The molecule has 1 amide bonds. The first-order chi connectivity index (χ1) is 18.1. The Bertz CT molecular complexity index is 1320. The first kappa shape index (κ1) is 32.6. The highest BCUT2D eigenvalue weighted by Crippen LogP contribution is 2.26. The van der Waals surface area contributed by atoms with Gasteiger partial charge in [0, 0.05) is 19.7 Å². The lowest BCUT2D eigenvalue weighted by atomic mass is 10.1. The molecule has 2 rings (SSSR count). The van der Waals surface area contributed by atoms with Crippen LogP contribution >= 0.6 is 0 Å². The molecule has 0 aliphatic rings. The van der Waals surface area contributed by atoms with E-state index < -0.39 is 39.7 Å². The molecule has 1 aromatic heterocycles. The number of aliphatic carboxylic acids is 1. The van der Waals surface area contributed by atoms with Crippen molar-refractivity contribution in [2.45, 2.75) is 37.7 Å². The number of nitrogens with one attached hydrogen (secondary N) is 4. The number of aldehydes is 1. The lowest BCUT2D eigenvalue weighted by Crippen LogP contribution is -2.42. The summed E-state index contributed by atoms with van der Waals surface area (Å²) in [4.78, 5) is 49.0. The number of guanidine groups is 1. The highest BCUT2D eigenvalue weighted by molar-refractivity contribution is 7.91. The number of nitrogens with zero attached hydrogens (tertiary/aromatic N) is 1. The molecule has 0 aliphatic heterocycles. The number of carboxylic acid groups (broad SMARTS) is 1. The summed E-state index contributed by atoms with van der Waals surface area (Å²) in [6, 6.07) is 8.80. The van der Waals surface area contributed by atoms with Crippen LogP contribution in [0.15, 0.2) is 47.4 Å². The van der Waals surface area contributed by atoms with Crippen molar-refractivity contribution in [2.24, 2.45) is 5.73 Å². The number of hydrogen-bond donors (Lipinski definition) is 6. The van der Waals surface area contributed by atoms with Crippen molar-refractivity contribution < 1.29 is 41.1 Å². The van der Waals surface area contributed by atoms with Gasteiger partial charge in [-0.25, -0.2) is 13.2 Å². The fraction of sp³-hybridized carbons (Fsp3) is 0.318. The number of rotatable bonds is 11. The third-order valence-electron chi connectivity index (χ3n) is 4.72. The maximum absolute atomic E-state index is 12.7. The van der Waals surface area contributed by atoms with Crippen molar-refractivity contribution in [3.8, 4) is 0 Å². The summed E-state index contributed by atoms with van der Waals surface area (Å²) < 4.78 is 59.4. The molecule has 0 saturated heterocycles. The van der Waals surface area contributed by atoms with Gasteiger partial charge in [0.25, 0.3) is 5.56 Å². The summed E-state index contributed by atoms with van der Waals surface area (Å²) >= 11 is 0. The van der Waals surface area contributed by atoms with Crippen LogP contribution in [-0.4, -0.2) is 61.4 Å². The molecule has 1 heterocycles. The summed E-state index contributed by atoms with van der Waals surface area (Å²) in [5.41, 5.74) is 4.60. The Balaban J connectivity index is 0.000000956. The van der Waals surface area contributed by atoms with Crippen LogP contribution < -0.4 is 26.2 Å². The molecule has 1 atom stereocenters. The van der Waals surface area contributed by atoms with Crippen LogP contribution in [-0.2, 0) is 30.2 Å². The number of aromatic nitrogens is 1. The number of pyridine rings is 1. The van der Waals surface area contributed by atoms with Gasteiger partial charge in [-0.05, 0) is 24.5 Å². The fourth-order valence-corrected chi connectivity index (χ4v) is 4.34. The van der Waals surface area contributed by atoms with Gasteiger partial charge < -0.3 is 30.8 Å². The molecule has 39 heavy (non-hydrogen) atoms. The van der Waals surface area contributed by atoms with Gasteiger partial charge in [0.1, 0.15) is 12.0 Å². The zero-order valence-electron chi connectivity index (χ0n) is 20.5. The molecular formula is C22H27F3N6O7S. The number of aromatic amines is 1. The number of carbonyl (C=O) groups excluding carboxylic acids is 2. The molecule has 0 spiro atoms. The lowest BCUT2D eigenvalue weighted by molar-refractivity contribution is -0.192. The van der Waals surface area contributed by atoms with E-state index >= 15 is 0 Å². The molecule has 0 unspecified atom stereocenters. The smallest absolute Gasteiger partial charge is 0.475 e. The van der Waals surface area contributed by atoms with Gasteiger partial charge in [0.05, 0.1) is 17.5 Å². The molecule has 17 heteroatoms. The van der Waals surface area contributed by atoms with Crippen molar-refractivity contribution >= 4 is 45.5 Å². The summed E-state index contributed by atoms with van der Waals surface area (Å²) in [5, 5.41) is 16.9. The highest BCUT2D eigenvalue weighted by atomic mass is 32.2. The third-order valence-corrected chi connectivity index (χ3v) is 5.95. The van der Waals surface area contributed by atoms with Crippen LogP contribution in [0.3, 0.4) is 0 Å². The molecule has 0 fully saturated rings. The van der Waals surface area contributed by atoms with Gasteiger partial charge in [-0.3, -0.25) is 19.7 Å². The minimum atomic E-state index is -5.08. The van der Waals surface area contributed by atoms with E-state index in [1.165, 1.54) is 19.2 Å². The average molecular weight is 577 g/mol. The standard InChI is InChI=1S/C20H26N6O5S.C2HF3O2/c1-14(28)26(16(12-27)8-5-10-24-20(21)22)17-9-11-23-19(29)18(17)25-32(30,31)13-15-6-3-2-4-7-15;3-2(4,5)1(6)7/h2-4,6-7,9,11-12,16,25H,5,8,10,13H2,1H3,(H,23,29)(H4,21,22,24);(H,6,7)/t16-;/m0./s1. The van der Waals surface area contributed by atoms with Crippen LogP contribution in [0.5, 0.6) is 0 Å². The summed E-state index contributed by atoms with van der Waals surface area (Å²) in [5.74, 6) is -3.90. The van der Waals surface area contributed by atoms with Crippen LogP contribution in [0.4, 0.5) is 24.5 Å². The van der Waals surface area contributed by atoms with Crippen LogP contribution in [0.1, 0.15) is 25.3 Å². The minimum absolute atomic E-state index is 0.0329. The molecule has 0 bridgehead atoms. The summed E-state index contributed by atoms with van der Waals surface area (Å²) in [6.45, 7) is 1.52. The Hall–Kier alpha value is -4.41. The molecule has 0 saturated carbocycles. The quantitative estimate of drug-likeness (QED) is 0.0977. The summed E-state index contributed by atoms with van der Waals surface area (Å²) in [6.07, 6.45) is -2.67. The number of halogens is 3. The Morgan fingerprint density at radius 3 is 2.31 bits per heavy atom. The number of nitrogens with two attached hydrogens (primary N) is 1. The number of carboxylic acids is 1. The predicted octanol–water partition coefficient (Wildman–Crippen LogP) is 1.13. The number of carbonyl (C=O) groups is 3. The van der Waals surface area contributed by atoms with Gasteiger partial charge >= 0.3 is 12.1 Å². The van der Waals surface area contributed by atoms with Crippen LogP contribution in [0, 0.1) is 5.41 Å². The Kier molecular flexibility index (Phi) is 12.1. The van der Waals surface area contributed by atoms with Gasteiger partial charge in [0.15, 0.2) is 5.96 Å². The van der Waals surface area contributed by atoms with Crippen molar-refractivity contribution in [1.82, 2.24) is 10.3 Å². The second kappa shape index (κ2) is 14.5. The van der Waals surface area contributed by atoms with E-state index in [9.17, 15) is 36.0 Å². The maximum atomic E-state index is 12.7. The lowest BCUT2D eigenvalue weighted by Gasteiger charge is -2.29. The number of sulfonamides is 1. The largest absolute Gasteiger partial charge is 0.490 e. The van der Waals surface area contributed by atoms with Gasteiger partial charge in [-0.2, -0.15) is 13.2 Å². The van der Waals surface area contributed by atoms with Crippen molar-refractivity contribution in [3.05, 3.63) is 58.5 Å². The van der Waals surface area contributed by atoms with Gasteiger partial charge in [-0.15, -0.1) is 0 Å². The zero-order chi connectivity index (χ0) is 29.8. The normalized spacial score (nSPS) is 11.8. The van der Waals surface area contributed by atoms with Gasteiger partial charge in [-0.1, -0.05) is 30.3 Å². The number of benzene rings is 1. The van der Waals surface area contributed by atoms with E-state index in [0.29, 0.717) is 24.8 Å². The van der Waals surface area contributed by atoms with Gasteiger partial charge in [0.2, 0.25) is 15.9 Å². The first-order valence-corrected chi connectivity index (χ1v) is 12.6. The SMILES string of the molecule is CC(=O)N(c1cc[nH]c(=O)c1NS(=O)(=O)Cc1ccccc1)[C@H](C=O)CCCNC(=N)N.O=C(O)C(F)(F)F. The summed E-state index contributed by atoms with van der Waals surface area (Å²) in [7, 11) is -4.00. The average Bonchev–Trinajstić information content (AvgIpc) is 2.82.